The average molecular weight is 491 g/mol. The molecule has 1 aromatic heterocycles. The molecule has 2 fully saturated rings. The third-order valence-corrected chi connectivity index (χ3v) is 8.37. The second-order valence-electron chi connectivity index (χ2n) is 8.45. The van der Waals surface area contributed by atoms with Crippen LogP contribution in [0.15, 0.2) is 41.4 Å². The molecule has 0 N–H and O–H groups in total. The average Bonchev–Trinajstić information content (AvgIpc) is 3.51. The number of methoxy groups -OCH3 is 2. The summed E-state index contributed by atoms with van der Waals surface area (Å²) in [7, 11) is 0.513. The van der Waals surface area contributed by atoms with Crippen molar-refractivity contribution in [3.8, 4) is 5.75 Å². The Morgan fingerprint density at radius 1 is 1.00 bits per heavy atom. The molecule has 2 aliphatic rings. The zero-order valence-corrected chi connectivity index (χ0v) is 20.5. The molecule has 2 aliphatic heterocycles. The van der Waals surface area contributed by atoms with Gasteiger partial charge in [0.15, 0.2) is 0 Å². The predicted octanol–water partition coefficient (Wildman–Crippen LogP) is 1.32. The predicted molar refractivity (Wildman–Crippen MR) is 125 cm³/mol. The Morgan fingerprint density at radius 3 is 2.29 bits per heavy atom. The number of sulfonamides is 1. The maximum absolute atomic E-state index is 13.4. The Labute approximate surface area is 199 Å². The van der Waals surface area contributed by atoms with Crippen LogP contribution >= 0.6 is 0 Å². The molecule has 3 heterocycles. The number of amides is 1. The van der Waals surface area contributed by atoms with Crippen molar-refractivity contribution in [3.05, 3.63) is 42.2 Å². The van der Waals surface area contributed by atoms with E-state index in [1.807, 2.05) is 24.3 Å². The highest BCUT2D eigenvalue weighted by Crippen LogP contribution is 2.29. The summed E-state index contributed by atoms with van der Waals surface area (Å²) in [6.07, 6.45) is 2.47. The summed E-state index contributed by atoms with van der Waals surface area (Å²) in [5.41, 5.74) is 1.20. The van der Waals surface area contributed by atoms with Gasteiger partial charge < -0.3 is 23.8 Å². The van der Waals surface area contributed by atoms with Crippen molar-refractivity contribution in [1.29, 1.82) is 0 Å². The van der Waals surface area contributed by atoms with Crippen molar-refractivity contribution in [2.24, 2.45) is 7.05 Å². The van der Waals surface area contributed by atoms with Gasteiger partial charge in [0.25, 0.3) is 0 Å². The maximum Gasteiger partial charge on any atom is 0.354 e. The van der Waals surface area contributed by atoms with Crippen LogP contribution in [0.3, 0.4) is 0 Å². The zero-order valence-electron chi connectivity index (χ0n) is 19.6. The van der Waals surface area contributed by atoms with Crippen molar-refractivity contribution < 1.29 is 27.5 Å². The van der Waals surface area contributed by atoms with Crippen molar-refractivity contribution in [2.45, 2.75) is 23.8 Å². The SMILES string of the molecule is COC(=O)c1cc(S(=O)(=O)N2CCC[C@@H]2C(=O)N2CCN(c3ccc(OC)cc3)CC2)cn1C. The lowest BCUT2D eigenvalue weighted by Gasteiger charge is -2.38. The highest BCUT2D eigenvalue weighted by molar-refractivity contribution is 7.89. The number of anilines is 1. The van der Waals surface area contributed by atoms with Crippen LogP contribution in [0.25, 0.3) is 0 Å². The van der Waals surface area contributed by atoms with Crippen LogP contribution in [0.4, 0.5) is 5.69 Å². The topological polar surface area (TPSA) is 101 Å². The molecule has 2 aromatic rings. The van der Waals surface area contributed by atoms with E-state index in [0.717, 1.165) is 11.4 Å². The molecule has 11 heteroatoms. The second-order valence-corrected chi connectivity index (χ2v) is 10.3. The molecule has 1 amide bonds. The zero-order chi connectivity index (χ0) is 24.5. The van der Waals surface area contributed by atoms with Crippen molar-refractivity contribution in [2.75, 3.05) is 51.8 Å². The number of aryl methyl sites for hydroxylation is 1. The summed E-state index contributed by atoms with van der Waals surface area (Å²) in [4.78, 5) is 29.2. The fourth-order valence-electron chi connectivity index (χ4n) is 4.58. The summed E-state index contributed by atoms with van der Waals surface area (Å²) in [6, 6.07) is 8.36. The van der Waals surface area contributed by atoms with E-state index in [0.29, 0.717) is 39.0 Å². The van der Waals surface area contributed by atoms with Crippen LogP contribution in [0, 0.1) is 0 Å². The maximum atomic E-state index is 13.4. The third-order valence-electron chi connectivity index (χ3n) is 6.50. The van der Waals surface area contributed by atoms with Gasteiger partial charge in [-0.05, 0) is 43.2 Å². The Morgan fingerprint density at radius 2 is 1.68 bits per heavy atom. The third kappa shape index (κ3) is 4.49. The first-order chi connectivity index (χ1) is 16.3. The lowest BCUT2D eigenvalue weighted by molar-refractivity contribution is -0.134. The summed E-state index contributed by atoms with van der Waals surface area (Å²) in [5.74, 6) is 0.00419. The number of esters is 1. The van der Waals surface area contributed by atoms with Gasteiger partial charge in [0.2, 0.25) is 15.9 Å². The van der Waals surface area contributed by atoms with Crippen LogP contribution in [0.5, 0.6) is 5.75 Å². The molecular weight excluding hydrogens is 460 g/mol. The van der Waals surface area contributed by atoms with Crippen molar-refractivity contribution in [3.63, 3.8) is 0 Å². The van der Waals surface area contributed by atoms with Crippen LogP contribution in [0.1, 0.15) is 23.3 Å². The number of ether oxygens (including phenoxy) is 2. The minimum atomic E-state index is -3.94. The lowest BCUT2D eigenvalue weighted by Crippen LogP contribution is -2.54. The molecule has 2 saturated heterocycles. The smallest absolute Gasteiger partial charge is 0.354 e. The largest absolute Gasteiger partial charge is 0.497 e. The summed E-state index contributed by atoms with van der Waals surface area (Å²) in [5, 5.41) is 0. The molecule has 0 radical (unpaired) electrons. The van der Waals surface area contributed by atoms with Gasteiger partial charge in [0.05, 0.1) is 14.2 Å². The number of aromatic nitrogens is 1. The van der Waals surface area contributed by atoms with Crippen LogP contribution in [0.2, 0.25) is 0 Å². The second kappa shape index (κ2) is 9.67. The number of carbonyl (C=O) groups excluding carboxylic acids is 2. The van der Waals surface area contributed by atoms with E-state index in [-0.39, 0.29) is 23.0 Å². The van der Waals surface area contributed by atoms with Gasteiger partial charge in [-0.2, -0.15) is 4.31 Å². The summed E-state index contributed by atoms with van der Waals surface area (Å²) in [6.45, 7) is 2.64. The molecule has 34 heavy (non-hydrogen) atoms. The van der Waals surface area contributed by atoms with Gasteiger partial charge in [-0.3, -0.25) is 4.79 Å². The van der Waals surface area contributed by atoms with E-state index in [1.165, 1.54) is 28.2 Å². The molecule has 0 unspecified atom stereocenters. The first kappa shape index (κ1) is 24.1. The monoisotopic (exact) mass is 490 g/mol. The molecule has 0 bridgehead atoms. The number of hydrogen-bond acceptors (Lipinski definition) is 7. The number of carbonyl (C=O) groups is 2. The van der Waals surface area contributed by atoms with E-state index in [4.69, 9.17) is 9.47 Å². The first-order valence-corrected chi connectivity index (χ1v) is 12.6. The van der Waals surface area contributed by atoms with Crippen molar-refractivity contribution >= 4 is 27.6 Å². The quantitative estimate of drug-likeness (QED) is 0.563. The van der Waals surface area contributed by atoms with Gasteiger partial charge in [-0.1, -0.05) is 0 Å². The molecular formula is C23H30N4O6S. The van der Waals surface area contributed by atoms with Gasteiger partial charge in [-0.25, -0.2) is 13.2 Å². The Balaban J connectivity index is 1.45. The number of benzene rings is 1. The minimum Gasteiger partial charge on any atom is -0.497 e. The van der Waals surface area contributed by atoms with Crippen LogP contribution in [-0.4, -0.2) is 87.1 Å². The normalized spacial score (nSPS) is 19.3. The molecule has 184 valence electrons. The van der Waals surface area contributed by atoms with Crippen molar-refractivity contribution in [1.82, 2.24) is 13.8 Å². The lowest BCUT2D eigenvalue weighted by atomic mass is 10.1. The molecule has 10 nitrogen and oxygen atoms in total. The number of rotatable bonds is 6. The fourth-order valence-corrected chi connectivity index (χ4v) is 6.30. The van der Waals surface area contributed by atoms with E-state index >= 15 is 0 Å². The Bertz CT molecular complexity index is 1150. The summed E-state index contributed by atoms with van der Waals surface area (Å²) >= 11 is 0. The minimum absolute atomic E-state index is 0.0144. The highest BCUT2D eigenvalue weighted by Gasteiger charge is 2.42. The van der Waals surface area contributed by atoms with Gasteiger partial charge in [-0.15, -0.1) is 0 Å². The van der Waals surface area contributed by atoms with Gasteiger partial charge in [0.1, 0.15) is 22.4 Å². The fraction of sp³-hybridized carbons (Fsp3) is 0.478. The van der Waals surface area contributed by atoms with E-state index in [2.05, 4.69) is 4.90 Å². The van der Waals surface area contributed by atoms with Gasteiger partial charge >= 0.3 is 5.97 Å². The Hall–Kier alpha value is -3.05. The molecule has 0 spiro atoms. The van der Waals surface area contributed by atoms with E-state index in [1.54, 1.807) is 19.1 Å². The molecule has 1 aromatic carbocycles. The Kier molecular flexibility index (Phi) is 6.85. The van der Waals surface area contributed by atoms with Crippen LogP contribution < -0.4 is 9.64 Å². The van der Waals surface area contributed by atoms with E-state index in [9.17, 15) is 18.0 Å². The van der Waals surface area contributed by atoms with Crippen LogP contribution in [-0.2, 0) is 26.6 Å². The molecule has 0 saturated carbocycles. The van der Waals surface area contributed by atoms with Gasteiger partial charge in [0, 0.05) is 51.7 Å². The number of nitrogens with zero attached hydrogens (tertiary/aromatic N) is 4. The molecule has 0 aliphatic carbocycles. The summed E-state index contributed by atoms with van der Waals surface area (Å²) < 4.78 is 39.4. The molecule has 1 atom stereocenters. The highest BCUT2D eigenvalue weighted by atomic mass is 32.2. The first-order valence-electron chi connectivity index (χ1n) is 11.2. The van der Waals surface area contributed by atoms with E-state index < -0.39 is 22.0 Å². The number of hydrogen-bond donors (Lipinski definition) is 0. The molecule has 4 rings (SSSR count). The standard InChI is InChI=1S/C23H30N4O6S/c1-24-16-19(15-21(24)23(29)33-3)34(30,31)27-10-4-5-20(27)22(28)26-13-11-25(12-14-26)17-6-8-18(32-2)9-7-17/h6-9,15-16,20H,4-5,10-14H2,1-3H3/t20-/m1/s1. The number of piperazine rings is 1.